The van der Waals surface area contributed by atoms with E-state index >= 15 is 0 Å². The molecule has 3 rings (SSSR count). The number of rotatable bonds is 5. The summed E-state index contributed by atoms with van der Waals surface area (Å²) in [6.45, 7) is 2.44. The van der Waals surface area contributed by atoms with Crippen molar-refractivity contribution in [2.75, 3.05) is 12.5 Å². The molecule has 1 aromatic heterocycles. The summed E-state index contributed by atoms with van der Waals surface area (Å²) in [5.74, 6) is -1.09. The second-order valence-electron chi connectivity index (χ2n) is 5.43. The molecule has 0 bridgehead atoms. The fourth-order valence-electron chi connectivity index (χ4n) is 2.62. The molecule has 0 saturated carbocycles. The van der Waals surface area contributed by atoms with Crippen molar-refractivity contribution >= 4 is 35.4 Å². The van der Waals surface area contributed by atoms with Gasteiger partial charge in [0.25, 0.3) is 5.91 Å². The first-order valence-corrected chi connectivity index (χ1v) is 8.20. The lowest BCUT2D eigenvalue weighted by Gasteiger charge is -2.14. The van der Waals surface area contributed by atoms with Crippen LogP contribution in [0.2, 0.25) is 0 Å². The minimum atomic E-state index is -1.22. The SMILES string of the molecule is CCn1cc(C(=O)N[C@@H](CS)C(=O)O)c(=O)c2cc3c(cc21)OCO3. The number of carbonyl (C=O) groups is 2. The number of hydrogen-bond donors (Lipinski definition) is 3. The number of carboxylic acid groups (broad SMARTS) is 1. The number of nitrogens with one attached hydrogen (secondary N) is 1. The molecule has 0 saturated heterocycles. The second kappa shape index (κ2) is 6.67. The Labute approximate surface area is 147 Å². The number of ether oxygens (including phenoxy) is 2. The van der Waals surface area contributed by atoms with E-state index in [1.165, 1.54) is 12.3 Å². The molecular weight excluding hydrogens is 348 g/mol. The first kappa shape index (κ1) is 17.2. The lowest BCUT2D eigenvalue weighted by Crippen LogP contribution is -2.43. The zero-order chi connectivity index (χ0) is 18.1. The molecule has 0 radical (unpaired) electrons. The molecule has 2 aromatic rings. The maximum atomic E-state index is 12.7. The van der Waals surface area contributed by atoms with E-state index in [0.29, 0.717) is 28.9 Å². The Morgan fingerprint density at radius 1 is 1.36 bits per heavy atom. The molecular formula is C16H16N2O6S. The summed E-state index contributed by atoms with van der Waals surface area (Å²) in [6.07, 6.45) is 1.42. The Balaban J connectivity index is 2.12. The predicted octanol–water partition coefficient (Wildman–Crippen LogP) is 0.863. The van der Waals surface area contributed by atoms with Crippen LogP contribution in [0.25, 0.3) is 10.9 Å². The Bertz CT molecular complexity index is 923. The molecule has 1 aliphatic rings. The van der Waals surface area contributed by atoms with Crippen molar-refractivity contribution in [3.05, 3.63) is 34.1 Å². The molecule has 8 nitrogen and oxygen atoms in total. The Morgan fingerprint density at radius 3 is 2.64 bits per heavy atom. The van der Waals surface area contributed by atoms with Crippen LogP contribution >= 0.6 is 12.6 Å². The van der Waals surface area contributed by atoms with Gasteiger partial charge in [0.2, 0.25) is 12.2 Å². The number of carbonyl (C=O) groups excluding carboxylic acids is 1. The molecule has 2 heterocycles. The second-order valence-corrected chi connectivity index (χ2v) is 5.79. The normalized spacial score (nSPS) is 13.7. The summed E-state index contributed by atoms with van der Waals surface area (Å²) in [5.41, 5.74) is -0.0302. The quantitative estimate of drug-likeness (QED) is 0.680. The van der Waals surface area contributed by atoms with Gasteiger partial charge in [0.15, 0.2) is 11.5 Å². The van der Waals surface area contributed by atoms with E-state index in [-0.39, 0.29) is 18.1 Å². The van der Waals surface area contributed by atoms with Crippen LogP contribution in [0.15, 0.2) is 23.1 Å². The summed E-state index contributed by atoms with van der Waals surface area (Å²) in [7, 11) is 0. The van der Waals surface area contributed by atoms with Crippen molar-refractivity contribution < 1.29 is 24.2 Å². The molecule has 0 spiro atoms. The molecule has 1 atom stereocenters. The van der Waals surface area contributed by atoms with Gasteiger partial charge in [-0.15, -0.1) is 0 Å². The number of aryl methyl sites for hydroxylation is 1. The third kappa shape index (κ3) is 3.02. The number of fused-ring (bicyclic) bond motifs is 2. The van der Waals surface area contributed by atoms with Crippen LogP contribution in [0, 0.1) is 0 Å². The van der Waals surface area contributed by atoms with E-state index in [0.717, 1.165) is 0 Å². The number of aromatic nitrogens is 1. The summed E-state index contributed by atoms with van der Waals surface area (Å²) in [5, 5.41) is 11.6. The van der Waals surface area contributed by atoms with Gasteiger partial charge < -0.3 is 24.5 Å². The minimum Gasteiger partial charge on any atom is -0.480 e. The first-order chi connectivity index (χ1) is 12.0. The molecule has 0 fully saturated rings. The fourth-order valence-corrected chi connectivity index (χ4v) is 2.87. The van der Waals surface area contributed by atoms with Gasteiger partial charge in [-0.3, -0.25) is 9.59 Å². The molecule has 1 amide bonds. The average Bonchev–Trinajstić information content (AvgIpc) is 3.05. The monoisotopic (exact) mass is 364 g/mol. The Morgan fingerprint density at radius 2 is 2.04 bits per heavy atom. The van der Waals surface area contributed by atoms with Crippen LogP contribution in [-0.2, 0) is 11.3 Å². The molecule has 1 aromatic carbocycles. The number of aliphatic carboxylic acids is 1. The maximum absolute atomic E-state index is 12.7. The van der Waals surface area contributed by atoms with Crippen molar-refractivity contribution in [3.63, 3.8) is 0 Å². The third-order valence-electron chi connectivity index (χ3n) is 3.95. The number of benzene rings is 1. The Kier molecular flexibility index (Phi) is 4.58. The van der Waals surface area contributed by atoms with Crippen LogP contribution in [0.5, 0.6) is 11.5 Å². The highest BCUT2D eigenvalue weighted by Crippen LogP contribution is 2.35. The van der Waals surface area contributed by atoms with Gasteiger partial charge in [-0.2, -0.15) is 12.6 Å². The minimum absolute atomic E-state index is 0.0710. The van der Waals surface area contributed by atoms with Crippen molar-refractivity contribution in [2.45, 2.75) is 19.5 Å². The van der Waals surface area contributed by atoms with E-state index in [2.05, 4.69) is 17.9 Å². The fraction of sp³-hybridized carbons (Fsp3) is 0.312. The van der Waals surface area contributed by atoms with Gasteiger partial charge in [-0.1, -0.05) is 0 Å². The summed E-state index contributed by atoms with van der Waals surface area (Å²) < 4.78 is 12.3. The molecule has 132 valence electrons. The van der Waals surface area contributed by atoms with Crippen LogP contribution < -0.4 is 20.2 Å². The molecule has 0 unspecified atom stereocenters. The number of amides is 1. The van der Waals surface area contributed by atoms with Gasteiger partial charge in [0, 0.05) is 24.6 Å². The summed E-state index contributed by atoms with van der Waals surface area (Å²) in [4.78, 5) is 36.2. The highest BCUT2D eigenvalue weighted by molar-refractivity contribution is 7.80. The van der Waals surface area contributed by atoms with Gasteiger partial charge in [-0.05, 0) is 13.0 Å². The van der Waals surface area contributed by atoms with E-state index in [4.69, 9.17) is 14.6 Å². The standard InChI is InChI=1S/C16H16N2O6S/c1-2-18-5-9(15(20)17-10(6-25)16(21)22)14(19)8-3-12-13(4-11(8)18)24-7-23-12/h3-5,10,25H,2,6-7H2,1H3,(H,17,20)(H,21,22)/t10-/m0/s1. The van der Waals surface area contributed by atoms with E-state index in [9.17, 15) is 14.4 Å². The lowest BCUT2D eigenvalue weighted by molar-refractivity contribution is -0.138. The van der Waals surface area contributed by atoms with Crippen molar-refractivity contribution in [1.29, 1.82) is 0 Å². The number of hydrogen-bond acceptors (Lipinski definition) is 6. The molecule has 1 aliphatic heterocycles. The zero-order valence-corrected chi connectivity index (χ0v) is 14.2. The van der Waals surface area contributed by atoms with Crippen LogP contribution in [0.4, 0.5) is 0 Å². The lowest BCUT2D eigenvalue weighted by atomic mass is 10.1. The molecule has 2 N–H and O–H groups in total. The largest absolute Gasteiger partial charge is 0.480 e. The zero-order valence-electron chi connectivity index (χ0n) is 13.3. The van der Waals surface area contributed by atoms with Crippen LogP contribution in [0.3, 0.4) is 0 Å². The van der Waals surface area contributed by atoms with Crippen molar-refractivity contribution in [3.8, 4) is 11.5 Å². The molecule has 0 aliphatic carbocycles. The van der Waals surface area contributed by atoms with E-state index < -0.39 is 23.3 Å². The Hall–Kier alpha value is -2.68. The smallest absolute Gasteiger partial charge is 0.327 e. The third-order valence-corrected chi connectivity index (χ3v) is 4.31. The van der Waals surface area contributed by atoms with Gasteiger partial charge in [0.1, 0.15) is 11.6 Å². The molecule has 9 heteroatoms. The van der Waals surface area contributed by atoms with Gasteiger partial charge >= 0.3 is 5.97 Å². The number of pyridine rings is 1. The van der Waals surface area contributed by atoms with Gasteiger partial charge in [-0.25, -0.2) is 4.79 Å². The molecule has 25 heavy (non-hydrogen) atoms. The maximum Gasteiger partial charge on any atom is 0.327 e. The van der Waals surface area contributed by atoms with Crippen LogP contribution in [-0.4, -0.2) is 40.1 Å². The van der Waals surface area contributed by atoms with Crippen LogP contribution in [0.1, 0.15) is 17.3 Å². The van der Waals surface area contributed by atoms with Gasteiger partial charge in [0.05, 0.1) is 10.9 Å². The number of carboxylic acids is 1. The first-order valence-electron chi connectivity index (χ1n) is 7.57. The number of nitrogens with zero attached hydrogens (tertiary/aromatic N) is 1. The topological polar surface area (TPSA) is 107 Å². The van der Waals surface area contributed by atoms with Crippen molar-refractivity contribution in [1.82, 2.24) is 9.88 Å². The summed E-state index contributed by atoms with van der Waals surface area (Å²) >= 11 is 3.90. The average molecular weight is 364 g/mol. The van der Waals surface area contributed by atoms with E-state index in [1.54, 1.807) is 10.6 Å². The number of thiol groups is 1. The summed E-state index contributed by atoms with van der Waals surface area (Å²) in [6, 6.07) is 2.05. The highest BCUT2D eigenvalue weighted by Gasteiger charge is 2.23. The van der Waals surface area contributed by atoms with E-state index in [1.807, 2.05) is 6.92 Å². The highest BCUT2D eigenvalue weighted by atomic mass is 32.1. The predicted molar refractivity (Wildman–Crippen MR) is 92.7 cm³/mol. The van der Waals surface area contributed by atoms with Crippen molar-refractivity contribution in [2.24, 2.45) is 0 Å².